The SMILES string of the molecule is CCOC(COc1cc(Cl)ccc1[N+](=O)[O-])C(=O)O. The fourth-order valence-corrected chi connectivity index (χ4v) is 1.47. The van der Waals surface area contributed by atoms with E-state index < -0.39 is 17.0 Å². The summed E-state index contributed by atoms with van der Waals surface area (Å²) in [6.45, 7) is 1.49. The Balaban J connectivity index is 2.83. The lowest BCUT2D eigenvalue weighted by Crippen LogP contribution is -2.30. The standard InChI is InChI=1S/C11H12ClNO6/c1-2-18-10(11(14)15)6-19-9-5-7(12)3-4-8(9)13(16)17/h3-5,10H,2,6H2,1H3,(H,14,15). The van der Waals surface area contributed by atoms with Crippen LogP contribution in [0.15, 0.2) is 18.2 Å². The topological polar surface area (TPSA) is 98.9 Å². The molecule has 19 heavy (non-hydrogen) atoms. The van der Waals surface area contributed by atoms with Gasteiger partial charge in [0.25, 0.3) is 0 Å². The highest BCUT2D eigenvalue weighted by Gasteiger charge is 2.21. The molecule has 0 bridgehead atoms. The number of aliphatic carboxylic acids is 1. The monoisotopic (exact) mass is 289 g/mol. The van der Waals surface area contributed by atoms with Gasteiger partial charge in [-0.2, -0.15) is 0 Å². The lowest BCUT2D eigenvalue weighted by atomic mass is 10.3. The van der Waals surface area contributed by atoms with E-state index >= 15 is 0 Å². The highest BCUT2D eigenvalue weighted by atomic mass is 35.5. The zero-order valence-electron chi connectivity index (χ0n) is 10.0. The molecule has 0 fully saturated rings. The predicted molar refractivity (Wildman–Crippen MR) is 66.7 cm³/mol. The number of nitro benzene ring substituents is 1. The van der Waals surface area contributed by atoms with Gasteiger partial charge in [0.2, 0.25) is 0 Å². The number of ether oxygens (including phenoxy) is 2. The first-order valence-electron chi connectivity index (χ1n) is 5.36. The van der Waals surface area contributed by atoms with Crippen LogP contribution in [-0.4, -0.2) is 35.3 Å². The Kier molecular flexibility index (Phi) is 5.53. The van der Waals surface area contributed by atoms with Gasteiger partial charge < -0.3 is 14.6 Å². The lowest BCUT2D eigenvalue weighted by molar-refractivity contribution is -0.385. The van der Waals surface area contributed by atoms with Crippen molar-refractivity contribution in [3.05, 3.63) is 33.3 Å². The summed E-state index contributed by atoms with van der Waals surface area (Å²) in [6, 6.07) is 3.79. The van der Waals surface area contributed by atoms with Crippen LogP contribution in [-0.2, 0) is 9.53 Å². The van der Waals surface area contributed by atoms with Crippen LogP contribution in [0.4, 0.5) is 5.69 Å². The molecule has 1 unspecified atom stereocenters. The van der Waals surface area contributed by atoms with E-state index in [2.05, 4.69) is 0 Å². The van der Waals surface area contributed by atoms with E-state index in [0.29, 0.717) is 0 Å². The Bertz CT molecular complexity index is 478. The fraction of sp³-hybridized carbons (Fsp3) is 0.364. The van der Waals surface area contributed by atoms with Crippen LogP contribution in [0, 0.1) is 10.1 Å². The Morgan fingerprint density at radius 3 is 2.79 bits per heavy atom. The minimum Gasteiger partial charge on any atom is -0.483 e. The molecule has 1 rings (SSSR count). The van der Waals surface area contributed by atoms with Crippen LogP contribution in [0.3, 0.4) is 0 Å². The van der Waals surface area contributed by atoms with E-state index in [1.165, 1.54) is 18.2 Å². The highest BCUT2D eigenvalue weighted by molar-refractivity contribution is 6.30. The minimum atomic E-state index is -1.20. The molecule has 1 N–H and O–H groups in total. The fourth-order valence-electron chi connectivity index (χ4n) is 1.31. The number of rotatable bonds is 7. The normalized spacial score (nSPS) is 11.9. The van der Waals surface area contributed by atoms with Crippen molar-refractivity contribution < 1.29 is 24.3 Å². The summed E-state index contributed by atoms with van der Waals surface area (Å²) in [5, 5.41) is 19.9. The van der Waals surface area contributed by atoms with Gasteiger partial charge in [-0.1, -0.05) is 11.6 Å². The van der Waals surface area contributed by atoms with Crippen molar-refractivity contribution >= 4 is 23.3 Å². The Labute approximate surface area is 113 Å². The van der Waals surface area contributed by atoms with Gasteiger partial charge >= 0.3 is 11.7 Å². The average molecular weight is 290 g/mol. The second-order valence-electron chi connectivity index (χ2n) is 3.46. The number of nitro groups is 1. The Morgan fingerprint density at radius 2 is 2.26 bits per heavy atom. The molecule has 1 aromatic carbocycles. The summed E-state index contributed by atoms with van der Waals surface area (Å²) in [5.41, 5.74) is -0.287. The second-order valence-corrected chi connectivity index (χ2v) is 3.90. The number of carbonyl (C=O) groups is 1. The number of benzene rings is 1. The molecule has 1 atom stereocenters. The van der Waals surface area contributed by atoms with Crippen molar-refractivity contribution in [3.8, 4) is 5.75 Å². The van der Waals surface area contributed by atoms with E-state index in [1.54, 1.807) is 6.92 Å². The summed E-state index contributed by atoms with van der Waals surface area (Å²) in [6.07, 6.45) is -1.19. The quantitative estimate of drug-likeness (QED) is 0.609. The lowest BCUT2D eigenvalue weighted by Gasteiger charge is -2.13. The zero-order valence-corrected chi connectivity index (χ0v) is 10.8. The van der Waals surface area contributed by atoms with E-state index in [4.69, 9.17) is 26.2 Å². The summed E-state index contributed by atoms with van der Waals surface area (Å²) < 4.78 is 10.1. The van der Waals surface area contributed by atoms with Crippen LogP contribution in [0.1, 0.15) is 6.92 Å². The maximum absolute atomic E-state index is 10.8. The first-order chi connectivity index (χ1) is 8.95. The molecule has 0 aromatic heterocycles. The van der Waals surface area contributed by atoms with Crippen LogP contribution in [0.5, 0.6) is 5.75 Å². The van der Waals surface area contributed by atoms with E-state index in [1.807, 2.05) is 0 Å². The van der Waals surface area contributed by atoms with E-state index in [-0.39, 0.29) is 29.7 Å². The van der Waals surface area contributed by atoms with Crippen LogP contribution in [0.2, 0.25) is 5.02 Å². The maximum atomic E-state index is 10.8. The molecule has 8 heteroatoms. The molecule has 0 saturated heterocycles. The van der Waals surface area contributed by atoms with Crippen LogP contribution < -0.4 is 4.74 Å². The van der Waals surface area contributed by atoms with E-state index in [9.17, 15) is 14.9 Å². The number of carboxylic acid groups (broad SMARTS) is 1. The first-order valence-corrected chi connectivity index (χ1v) is 5.74. The van der Waals surface area contributed by atoms with Crippen LogP contribution in [0.25, 0.3) is 0 Å². The molecule has 0 aliphatic rings. The van der Waals surface area contributed by atoms with E-state index in [0.717, 1.165) is 0 Å². The summed E-state index contributed by atoms with van der Waals surface area (Å²) in [5.74, 6) is -1.30. The third-order valence-corrected chi connectivity index (χ3v) is 2.39. The number of carboxylic acids is 1. The molecule has 0 amide bonds. The zero-order chi connectivity index (χ0) is 14.4. The molecule has 0 aliphatic heterocycles. The van der Waals surface area contributed by atoms with Crippen molar-refractivity contribution in [1.82, 2.24) is 0 Å². The van der Waals surface area contributed by atoms with Gasteiger partial charge in [0.15, 0.2) is 11.9 Å². The smallest absolute Gasteiger partial charge is 0.336 e. The van der Waals surface area contributed by atoms with Gasteiger partial charge in [0.1, 0.15) is 6.61 Å². The molecule has 0 heterocycles. The average Bonchev–Trinajstić information content (AvgIpc) is 2.33. The number of nitrogens with zero attached hydrogens (tertiary/aromatic N) is 1. The maximum Gasteiger partial charge on any atom is 0.336 e. The molecule has 0 spiro atoms. The van der Waals surface area contributed by atoms with Gasteiger partial charge in [-0.15, -0.1) is 0 Å². The third kappa shape index (κ3) is 4.38. The summed E-state index contributed by atoms with van der Waals surface area (Å²) in [7, 11) is 0. The molecular formula is C11H12ClNO6. The van der Waals surface area contributed by atoms with Crippen molar-refractivity contribution in [2.75, 3.05) is 13.2 Å². The molecule has 7 nitrogen and oxygen atoms in total. The predicted octanol–water partition coefficient (Wildman–Crippen LogP) is 2.12. The van der Waals surface area contributed by atoms with Gasteiger partial charge in [-0.3, -0.25) is 10.1 Å². The Morgan fingerprint density at radius 1 is 1.58 bits per heavy atom. The van der Waals surface area contributed by atoms with Crippen molar-refractivity contribution in [1.29, 1.82) is 0 Å². The largest absolute Gasteiger partial charge is 0.483 e. The van der Waals surface area contributed by atoms with Crippen LogP contribution >= 0.6 is 11.6 Å². The molecule has 0 saturated carbocycles. The van der Waals surface area contributed by atoms with Gasteiger partial charge in [0.05, 0.1) is 4.92 Å². The van der Waals surface area contributed by atoms with Gasteiger partial charge in [-0.25, -0.2) is 4.79 Å². The number of halogens is 1. The van der Waals surface area contributed by atoms with Gasteiger partial charge in [0, 0.05) is 23.8 Å². The van der Waals surface area contributed by atoms with Crippen molar-refractivity contribution in [2.45, 2.75) is 13.0 Å². The summed E-state index contributed by atoms with van der Waals surface area (Å²) >= 11 is 5.71. The third-order valence-electron chi connectivity index (χ3n) is 2.15. The molecule has 104 valence electrons. The highest BCUT2D eigenvalue weighted by Crippen LogP contribution is 2.30. The van der Waals surface area contributed by atoms with Gasteiger partial charge in [-0.05, 0) is 13.0 Å². The first kappa shape index (κ1) is 15.2. The molecule has 0 radical (unpaired) electrons. The molecular weight excluding hydrogens is 278 g/mol. The second kappa shape index (κ2) is 6.91. The van der Waals surface area contributed by atoms with Crippen molar-refractivity contribution in [2.24, 2.45) is 0 Å². The summed E-state index contributed by atoms with van der Waals surface area (Å²) in [4.78, 5) is 21.0. The molecule has 1 aromatic rings. The number of hydrogen-bond acceptors (Lipinski definition) is 5. The molecule has 0 aliphatic carbocycles. The number of hydrogen-bond donors (Lipinski definition) is 1. The van der Waals surface area contributed by atoms with Crippen molar-refractivity contribution in [3.63, 3.8) is 0 Å². The minimum absolute atomic E-state index is 0.0940. The Hall–Kier alpha value is -1.86.